The molecule has 2 N–H and O–H groups in total. The highest BCUT2D eigenvalue weighted by Gasteiger charge is 2.11. The summed E-state index contributed by atoms with van der Waals surface area (Å²) in [7, 11) is 0. The molecule has 0 aliphatic carbocycles. The smallest absolute Gasteiger partial charge is 0.153 e. The van der Waals surface area contributed by atoms with Gasteiger partial charge in [-0.05, 0) is 6.42 Å². The summed E-state index contributed by atoms with van der Waals surface area (Å²) < 4.78 is 0. The molecule has 0 bridgehead atoms. The van der Waals surface area contributed by atoms with E-state index in [0.29, 0.717) is 0 Å². The number of hydrogen-bond acceptors (Lipinski definition) is 2. The van der Waals surface area contributed by atoms with Gasteiger partial charge in [0.05, 0.1) is 6.54 Å². The summed E-state index contributed by atoms with van der Waals surface area (Å²) in [6.07, 6.45) is 17.4. The van der Waals surface area contributed by atoms with Crippen molar-refractivity contribution in [2.75, 3.05) is 6.54 Å². The van der Waals surface area contributed by atoms with E-state index >= 15 is 0 Å². The summed E-state index contributed by atoms with van der Waals surface area (Å²) in [6.45, 7) is 6.13. The van der Waals surface area contributed by atoms with Crippen LogP contribution in [0.1, 0.15) is 84.0 Å². The molecule has 2 heteroatoms. The monoisotopic (exact) mass is 281 g/mol. The summed E-state index contributed by atoms with van der Waals surface area (Å²) in [5.74, 6) is 0.116. The molecule has 0 rings (SSSR count). The Morgan fingerprint density at radius 1 is 0.950 bits per heavy atom. The minimum Gasteiger partial charge on any atom is -0.324 e. The van der Waals surface area contributed by atoms with Crippen LogP contribution >= 0.6 is 0 Å². The summed E-state index contributed by atoms with van der Waals surface area (Å²) in [6, 6.07) is 0. The van der Waals surface area contributed by atoms with Gasteiger partial charge in [0.1, 0.15) is 0 Å². The molecule has 0 saturated carbocycles. The van der Waals surface area contributed by atoms with E-state index in [9.17, 15) is 4.79 Å². The van der Waals surface area contributed by atoms with Crippen LogP contribution in [0.4, 0.5) is 0 Å². The highest BCUT2D eigenvalue weighted by Crippen LogP contribution is 2.15. The van der Waals surface area contributed by atoms with Crippen molar-refractivity contribution in [3.63, 3.8) is 0 Å². The molecule has 0 aromatic heterocycles. The molecule has 0 spiro atoms. The van der Waals surface area contributed by atoms with Gasteiger partial charge in [0, 0.05) is 5.92 Å². The number of Topliss-reactive ketones (excluding diaryl/α,β-unsaturated/α-hetero) is 1. The van der Waals surface area contributed by atoms with Crippen molar-refractivity contribution in [3.8, 4) is 0 Å². The van der Waals surface area contributed by atoms with E-state index in [1.807, 2.05) is 0 Å². The molecular weight excluding hydrogens is 246 g/mol. The fraction of sp³-hybridized carbons (Fsp3) is 0.833. The van der Waals surface area contributed by atoms with Crippen molar-refractivity contribution in [2.45, 2.75) is 84.0 Å². The maximum Gasteiger partial charge on any atom is 0.153 e. The van der Waals surface area contributed by atoms with Crippen LogP contribution in [0.5, 0.6) is 0 Å². The van der Waals surface area contributed by atoms with Crippen LogP contribution in [-0.4, -0.2) is 12.3 Å². The van der Waals surface area contributed by atoms with Gasteiger partial charge in [0.15, 0.2) is 5.78 Å². The van der Waals surface area contributed by atoms with Crippen LogP contribution in [0.25, 0.3) is 0 Å². The molecule has 0 aromatic rings. The Bertz CT molecular complexity index is 238. The Morgan fingerprint density at radius 3 is 1.80 bits per heavy atom. The second-order valence-corrected chi connectivity index (χ2v) is 5.84. The zero-order valence-electron chi connectivity index (χ0n) is 13.5. The molecule has 118 valence electrons. The van der Waals surface area contributed by atoms with Gasteiger partial charge in [0.25, 0.3) is 0 Å². The van der Waals surface area contributed by atoms with Crippen molar-refractivity contribution in [3.05, 3.63) is 12.7 Å². The number of rotatable bonds is 15. The molecule has 0 radical (unpaired) electrons. The van der Waals surface area contributed by atoms with Crippen molar-refractivity contribution in [1.82, 2.24) is 0 Å². The zero-order valence-corrected chi connectivity index (χ0v) is 13.5. The lowest BCUT2D eigenvalue weighted by Crippen LogP contribution is -2.21. The van der Waals surface area contributed by atoms with Crippen molar-refractivity contribution >= 4 is 5.78 Å². The third kappa shape index (κ3) is 11.2. The first kappa shape index (κ1) is 19.4. The second-order valence-electron chi connectivity index (χ2n) is 5.84. The van der Waals surface area contributed by atoms with Crippen molar-refractivity contribution in [1.29, 1.82) is 0 Å². The van der Waals surface area contributed by atoms with Crippen LogP contribution in [0.2, 0.25) is 0 Å². The first-order valence-electron chi connectivity index (χ1n) is 8.61. The average Bonchev–Trinajstić information content (AvgIpc) is 2.48. The van der Waals surface area contributed by atoms with E-state index in [2.05, 4.69) is 13.5 Å². The Labute approximate surface area is 126 Å². The predicted octanol–water partition coefficient (Wildman–Crippen LogP) is 5.02. The van der Waals surface area contributed by atoms with E-state index in [1.54, 1.807) is 6.08 Å². The average molecular weight is 281 g/mol. The van der Waals surface area contributed by atoms with Gasteiger partial charge >= 0.3 is 0 Å². The quantitative estimate of drug-likeness (QED) is 0.338. The number of nitrogens with two attached hydrogens (primary N) is 1. The van der Waals surface area contributed by atoms with Crippen LogP contribution in [0.3, 0.4) is 0 Å². The molecule has 1 unspecified atom stereocenters. The van der Waals surface area contributed by atoms with E-state index in [0.717, 1.165) is 12.8 Å². The fourth-order valence-corrected chi connectivity index (χ4v) is 2.59. The molecule has 0 aliphatic heterocycles. The first-order chi connectivity index (χ1) is 9.76. The molecule has 0 aliphatic rings. The van der Waals surface area contributed by atoms with Crippen LogP contribution in [0.15, 0.2) is 12.7 Å². The van der Waals surface area contributed by atoms with Gasteiger partial charge in [0.2, 0.25) is 0 Å². The van der Waals surface area contributed by atoms with Crippen molar-refractivity contribution < 1.29 is 4.79 Å². The van der Waals surface area contributed by atoms with E-state index in [4.69, 9.17) is 5.73 Å². The Hall–Kier alpha value is -0.630. The highest BCUT2D eigenvalue weighted by molar-refractivity contribution is 5.84. The van der Waals surface area contributed by atoms with E-state index in [1.165, 1.54) is 64.2 Å². The van der Waals surface area contributed by atoms with E-state index < -0.39 is 0 Å². The number of allylic oxidation sites excluding steroid dienone is 1. The molecule has 20 heavy (non-hydrogen) atoms. The largest absolute Gasteiger partial charge is 0.324 e. The number of carbonyl (C=O) groups excluding carboxylic acids is 1. The lowest BCUT2D eigenvalue weighted by molar-refractivity contribution is -0.120. The second kappa shape index (κ2) is 14.8. The van der Waals surface area contributed by atoms with Gasteiger partial charge < -0.3 is 5.73 Å². The SMILES string of the molecule is C=CC(CCCCCCCCCCCCC)C(=O)CN. The lowest BCUT2D eigenvalue weighted by atomic mass is 9.96. The van der Waals surface area contributed by atoms with Crippen LogP contribution in [-0.2, 0) is 4.79 Å². The standard InChI is InChI=1S/C18H35NO/c1-3-5-6-7-8-9-10-11-12-13-14-15-17(4-2)18(20)16-19/h4,17H,2-3,5-16,19H2,1H3. The van der Waals surface area contributed by atoms with Crippen LogP contribution in [0, 0.1) is 5.92 Å². The third-order valence-corrected chi connectivity index (χ3v) is 4.02. The molecule has 0 saturated heterocycles. The highest BCUT2D eigenvalue weighted by atomic mass is 16.1. The summed E-state index contributed by atoms with van der Waals surface area (Å²) in [5.41, 5.74) is 5.38. The molecule has 0 heterocycles. The third-order valence-electron chi connectivity index (χ3n) is 4.02. The maximum absolute atomic E-state index is 11.5. The van der Waals surface area contributed by atoms with Crippen molar-refractivity contribution in [2.24, 2.45) is 11.7 Å². The lowest BCUT2D eigenvalue weighted by Gasteiger charge is -2.09. The molecule has 0 aromatic carbocycles. The molecule has 0 fully saturated rings. The summed E-state index contributed by atoms with van der Waals surface area (Å²) in [5, 5.41) is 0. The molecule has 1 atom stereocenters. The molecular formula is C18H35NO. The topological polar surface area (TPSA) is 43.1 Å². The molecule has 2 nitrogen and oxygen atoms in total. The predicted molar refractivity (Wildman–Crippen MR) is 88.8 cm³/mol. The van der Waals surface area contributed by atoms with Gasteiger partial charge in [-0.3, -0.25) is 4.79 Å². The maximum atomic E-state index is 11.5. The normalized spacial score (nSPS) is 12.3. The Morgan fingerprint density at radius 2 is 1.40 bits per heavy atom. The Balaban J connectivity index is 3.27. The number of unbranched alkanes of at least 4 members (excludes halogenated alkanes) is 10. The fourth-order valence-electron chi connectivity index (χ4n) is 2.59. The van der Waals surface area contributed by atoms with Crippen LogP contribution < -0.4 is 5.73 Å². The van der Waals surface area contributed by atoms with E-state index in [-0.39, 0.29) is 18.2 Å². The summed E-state index contributed by atoms with van der Waals surface area (Å²) in [4.78, 5) is 11.5. The van der Waals surface area contributed by atoms with Gasteiger partial charge in [-0.15, -0.1) is 6.58 Å². The Kier molecular flexibility index (Phi) is 14.3. The number of ketones is 1. The molecule has 0 amide bonds. The minimum atomic E-state index is -0.0152. The zero-order chi connectivity index (χ0) is 15.1. The van der Waals surface area contributed by atoms with Gasteiger partial charge in [-0.1, -0.05) is 83.6 Å². The number of hydrogen-bond donors (Lipinski definition) is 1. The number of carbonyl (C=O) groups is 1. The minimum absolute atomic E-state index is 0.0152. The first-order valence-corrected chi connectivity index (χ1v) is 8.61. The van der Waals surface area contributed by atoms with Gasteiger partial charge in [-0.25, -0.2) is 0 Å². The summed E-state index contributed by atoms with van der Waals surface area (Å²) >= 11 is 0. The van der Waals surface area contributed by atoms with Gasteiger partial charge in [-0.2, -0.15) is 0 Å².